The lowest BCUT2D eigenvalue weighted by atomic mass is 9.99. The molecule has 2 aromatic rings. The Balaban J connectivity index is 0.000000203. The van der Waals surface area contributed by atoms with Gasteiger partial charge in [0, 0.05) is 15.0 Å². The predicted molar refractivity (Wildman–Crippen MR) is 142 cm³/mol. The van der Waals surface area contributed by atoms with Gasteiger partial charge in [-0.15, -0.1) is 0 Å². The fourth-order valence-electron chi connectivity index (χ4n) is 4.54. The summed E-state index contributed by atoms with van der Waals surface area (Å²) in [5.41, 5.74) is 10.9. The highest BCUT2D eigenvalue weighted by Gasteiger charge is 2.23. The third kappa shape index (κ3) is 8.11. The number of hydrogen-bond donors (Lipinski definition) is 2. The monoisotopic (exact) mass is 578 g/mol. The summed E-state index contributed by atoms with van der Waals surface area (Å²) in [7, 11) is 0. The number of rotatable bonds is 1. The lowest BCUT2D eigenvalue weighted by molar-refractivity contribution is 0.0501. The van der Waals surface area contributed by atoms with Gasteiger partial charge in [0.2, 0.25) is 0 Å². The van der Waals surface area contributed by atoms with Crippen LogP contribution in [-0.4, -0.2) is 11.7 Å². The number of benzene rings is 2. The average molecular weight is 580 g/mol. The Labute approximate surface area is 215 Å². The second-order valence-electron chi connectivity index (χ2n) is 9.98. The van der Waals surface area contributed by atoms with Crippen LogP contribution in [0, 0.1) is 0 Å². The van der Waals surface area contributed by atoms with Crippen LogP contribution < -0.4 is 11.1 Å². The number of nitrogens with two attached hydrogens (primary N) is 1. The maximum absolute atomic E-state index is 12.0. The van der Waals surface area contributed by atoms with Crippen molar-refractivity contribution in [1.82, 2.24) is 5.32 Å². The molecular weight excluding hydrogens is 544 g/mol. The third-order valence-electron chi connectivity index (χ3n) is 6.08. The highest BCUT2D eigenvalue weighted by atomic mass is 79.9. The first kappa shape index (κ1) is 26.2. The lowest BCUT2D eigenvalue weighted by Gasteiger charge is -2.24. The zero-order valence-corrected chi connectivity index (χ0v) is 23.1. The van der Waals surface area contributed by atoms with Crippen molar-refractivity contribution in [1.29, 1.82) is 0 Å². The Morgan fingerprint density at radius 3 is 2.06 bits per heavy atom. The SMILES string of the molecule is CC(C)(C)OC(=O)NC1CCCCc2cc(Br)ccc21.NC1CCCCc2cc(Br)ccc21. The molecule has 2 unspecified atom stereocenters. The largest absolute Gasteiger partial charge is 0.444 e. The van der Waals surface area contributed by atoms with Crippen molar-refractivity contribution in [3.05, 3.63) is 67.6 Å². The number of hydrogen-bond acceptors (Lipinski definition) is 3. The van der Waals surface area contributed by atoms with E-state index >= 15 is 0 Å². The summed E-state index contributed by atoms with van der Waals surface area (Å²) in [4.78, 5) is 12.0. The Kier molecular flexibility index (Phi) is 9.42. The van der Waals surface area contributed by atoms with Crippen LogP contribution in [0.15, 0.2) is 45.3 Å². The molecule has 0 aromatic heterocycles. The summed E-state index contributed by atoms with van der Waals surface area (Å²) < 4.78 is 7.62. The molecule has 3 N–H and O–H groups in total. The van der Waals surface area contributed by atoms with Crippen molar-refractivity contribution in [3.8, 4) is 0 Å². The van der Waals surface area contributed by atoms with E-state index < -0.39 is 5.60 Å². The minimum Gasteiger partial charge on any atom is -0.444 e. The van der Waals surface area contributed by atoms with E-state index in [1.54, 1.807) is 0 Å². The first-order chi connectivity index (χ1) is 15.6. The van der Waals surface area contributed by atoms with Gasteiger partial charge in [-0.1, -0.05) is 56.8 Å². The molecule has 6 heteroatoms. The smallest absolute Gasteiger partial charge is 0.408 e. The van der Waals surface area contributed by atoms with Gasteiger partial charge in [0.1, 0.15) is 5.60 Å². The predicted octanol–water partition coefficient (Wildman–Crippen LogP) is 7.92. The maximum atomic E-state index is 12.0. The highest BCUT2D eigenvalue weighted by molar-refractivity contribution is 9.10. The molecule has 0 saturated carbocycles. The molecule has 180 valence electrons. The molecule has 0 radical (unpaired) electrons. The van der Waals surface area contributed by atoms with Crippen molar-refractivity contribution in [2.45, 2.75) is 89.8 Å². The molecule has 1 amide bonds. The van der Waals surface area contributed by atoms with Crippen molar-refractivity contribution in [2.75, 3.05) is 0 Å². The fourth-order valence-corrected chi connectivity index (χ4v) is 5.35. The molecule has 2 aliphatic carbocycles. The maximum Gasteiger partial charge on any atom is 0.408 e. The van der Waals surface area contributed by atoms with Crippen LogP contribution in [0.1, 0.15) is 93.6 Å². The molecule has 33 heavy (non-hydrogen) atoms. The van der Waals surface area contributed by atoms with Gasteiger partial charge in [-0.25, -0.2) is 4.79 Å². The zero-order valence-electron chi connectivity index (χ0n) is 19.9. The molecule has 0 aliphatic heterocycles. The quantitative estimate of drug-likeness (QED) is 0.337. The summed E-state index contributed by atoms with van der Waals surface area (Å²) in [6.07, 6.45) is 8.83. The first-order valence-electron chi connectivity index (χ1n) is 11.9. The number of ether oxygens (including phenoxy) is 1. The fraction of sp³-hybridized carbons (Fsp3) is 0.519. The summed E-state index contributed by atoms with van der Waals surface area (Å²) in [5, 5.41) is 3.01. The van der Waals surface area contributed by atoms with E-state index in [1.807, 2.05) is 26.8 Å². The highest BCUT2D eigenvalue weighted by Crippen LogP contribution is 2.31. The van der Waals surface area contributed by atoms with Gasteiger partial charge in [-0.3, -0.25) is 0 Å². The standard InChI is InChI=1S/C16H22BrNO2.C11H14BrN/c1-16(2,3)20-15(19)18-14-7-5-4-6-11-10-12(17)8-9-13(11)14;12-9-5-6-10-8(7-9)3-1-2-4-11(10)13/h8-10,14H,4-7H2,1-3H3,(H,18,19);5-7,11H,1-4,13H2. The summed E-state index contributed by atoms with van der Waals surface area (Å²) in [6, 6.07) is 13.1. The van der Waals surface area contributed by atoms with E-state index in [2.05, 4.69) is 67.5 Å². The number of alkyl carbamates (subject to hydrolysis) is 1. The van der Waals surface area contributed by atoms with Gasteiger partial charge < -0.3 is 15.8 Å². The molecular formula is C27H36Br2N2O2. The number of halogens is 2. The minimum absolute atomic E-state index is 0.0513. The van der Waals surface area contributed by atoms with Crippen LogP contribution >= 0.6 is 31.9 Å². The molecule has 0 saturated heterocycles. The van der Waals surface area contributed by atoms with E-state index in [0.29, 0.717) is 0 Å². The van der Waals surface area contributed by atoms with Crippen LogP contribution in [0.4, 0.5) is 4.79 Å². The summed E-state index contributed by atoms with van der Waals surface area (Å²) in [5.74, 6) is 0. The molecule has 0 bridgehead atoms. The van der Waals surface area contributed by atoms with Crippen molar-refractivity contribution < 1.29 is 9.53 Å². The summed E-state index contributed by atoms with van der Waals surface area (Å²) >= 11 is 7.01. The van der Waals surface area contributed by atoms with Crippen LogP contribution in [-0.2, 0) is 17.6 Å². The molecule has 2 atom stereocenters. The van der Waals surface area contributed by atoms with Crippen molar-refractivity contribution >= 4 is 38.0 Å². The molecule has 2 aliphatic rings. The van der Waals surface area contributed by atoms with Crippen LogP contribution in [0.3, 0.4) is 0 Å². The molecule has 0 spiro atoms. The third-order valence-corrected chi connectivity index (χ3v) is 7.06. The Hall–Kier alpha value is -1.37. The molecule has 0 heterocycles. The van der Waals surface area contributed by atoms with E-state index in [4.69, 9.17) is 10.5 Å². The van der Waals surface area contributed by atoms with Gasteiger partial charge in [0.05, 0.1) is 6.04 Å². The van der Waals surface area contributed by atoms with E-state index in [9.17, 15) is 4.79 Å². The Bertz CT molecular complexity index is 956. The van der Waals surface area contributed by atoms with Crippen LogP contribution in [0.5, 0.6) is 0 Å². The van der Waals surface area contributed by atoms with Crippen LogP contribution in [0.2, 0.25) is 0 Å². The Morgan fingerprint density at radius 2 is 1.45 bits per heavy atom. The van der Waals surface area contributed by atoms with Gasteiger partial charge in [0.15, 0.2) is 0 Å². The van der Waals surface area contributed by atoms with E-state index in [-0.39, 0.29) is 18.2 Å². The number of carbonyl (C=O) groups is 1. The average Bonchev–Trinajstić information content (AvgIpc) is 3.02. The topological polar surface area (TPSA) is 64.3 Å². The number of nitrogens with one attached hydrogen (secondary N) is 1. The molecule has 4 nitrogen and oxygen atoms in total. The van der Waals surface area contributed by atoms with Crippen molar-refractivity contribution in [3.63, 3.8) is 0 Å². The van der Waals surface area contributed by atoms with Gasteiger partial charge in [-0.05, 0) is 106 Å². The van der Waals surface area contributed by atoms with Crippen LogP contribution in [0.25, 0.3) is 0 Å². The normalized spacial score (nSPS) is 20.2. The van der Waals surface area contributed by atoms with E-state index in [0.717, 1.165) is 36.6 Å². The minimum atomic E-state index is -0.461. The number of amides is 1. The lowest BCUT2D eigenvalue weighted by Crippen LogP contribution is -2.35. The Morgan fingerprint density at radius 1 is 0.909 bits per heavy atom. The number of fused-ring (bicyclic) bond motifs is 2. The number of carbonyl (C=O) groups excluding carboxylic acids is 1. The summed E-state index contributed by atoms with van der Waals surface area (Å²) in [6.45, 7) is 5.64. The van der Waals surface area contributed by atoms with Gasteiger partial charge in [-0.2, -0.15) is 0 Å². The molecule has 4 rings (SSSR count). The van der Waals surface area contributed by atoms with Gasteiger partial charge in [0.25, 0.3) is 0 Å². The second-order valence-corrected chi connectivity index (χ2v) is 11.8. The van der Waals surface area contributed by atoms with E-state index in [1.165, 1.54) is 46.0 Å². The first-order valence-corrected chi connectivity index (χ1v) is 13.5. The van der Waals surface area contributed by atoms with Crippen molar-refractivity contribution in [2.24, 2.45) is 5.73 Å². The van der Waals surface area contributed by atoms with Gasteiger partial charge >= 0.3 is 6.09 Å². The number of aryl methyl sites for hydroxylation is 2. The zero-order chi connectivity index (χ0) is 24.0. The second kappa shape index (κ2) is 11.9. The molecule has 0 fully saturated rings. The molecule has 2 aromatic carbocycles.